The maximum Gasteiger partial charge on any atom is 0.178 e. The lowest BCUT2D eigenvalue weighted by molar-refractivity contribution is -0.164. The molecular formula is C21H26O2. The van der Waals surface area contributed by atoms with Gasteiger partial charge in [0.1, 0.15) is 0 Å². The summed E-state index contributed by atoms with van der Waals surface area (Å²) in [7, 11) is 0. The molecular weight excluding hydrogens is 284 g/mol. The number of allylic oxidation sites excluding steroid dienone is 1. The highest BCUT2D eigenvalue weighted by molar-refractivity contribution is 5.18. The summed E-state index contributed by atoms with van der Waals surface area (Å²) in [6.07, 6.45) is 1.60. The molecule has 0 aliphatic carbocycles. The van der Waals surface area contributed by atoms with Crippen LogP contribution in [0.15, 0.2) is 72.3 Å². The van der Waals surface area contributed by atoms with Crippen molar-refractivity contribution in [3.8, 4) is 0 Å². The molecule has 0 aromatic heterocycles. The van der Waals surface area contributed by atoms with E-state index in [1.807, 2.05) is 42.5 Å². The standard InChI is InChI=1S/C21H26O2/c1-16(2)15-21(22-17(3)19-11-7-5-8-12-19)23-18(4)20-13-9-6-10-14-20/h5-15,17-18,21H,1-4H3/t17-,18-/m0/s1. The van der Waals surface area contributed by atoms with Gasteiger partial charge in [-0.2, -0.15) is 0 Å². The van der Waals surface area contributed by atoms with Gasteiger partial charge in [0.05, 0.1) is 12.2 Å². The van der Waals surface area contributed by atoms with Gasteiger partial charge in [-0.1, -0.05) is 66.2 Å². The number of hydrogen-bond donors (Lipinski definition) is 0. The van der Waals surface area contributed by atoms with Gasteiger partial charge in [-0.25, -0.2) is 0 Å². The van der Waals surface area contributed by atoms with Crippen molar-refractivity contribution in [3.05, 3.63) is 83.4 Å². The predicted molar refractivity (Wildman–Crippen MR) is 95.1 cm³/mol. The van der Waals surface area contributed by atoms with Gasteiger partial charge in [-0.3, -0.25) is 0 Å². The monoisotopic (exact) mass is 310 g/mol. The smallest absolute Gasteiger partial charge is 0.178 e. The van der Waals surface area contributed by atoms with Gasteiger partial charge in [-0.05, 0) is 44.9 Å². The summed E-state index contributed by atoms with van der Waals surface area (Å²) in [5.74, 6) is 0. The average Bonchev–Trinajstić information content (AvgIpc) is 2.55. The van der Waals surface area contributed by atoms with Crippen molar-refractivity contribution >= 4 is 0 Å². The van der Waals surface area contributed by atoms with Crippen molar-refractivity contribution in [3.63, 3.8) is 0 Å². The molecule has 2 rings (SSSR count). The summed E-state index contributed by atoms with van der Waals surface area (Å²) >= 11 is 0. The number of ether oxygens (including phenoxy) is 2. The van der Waals surface area contributed by atoms with E-state index in [1.54, 1.807) is 0 Å². The van der Waals surface area contributed by atoms with E-state index in [2.05, 4.69) is 52.0 Å². The highest BCUT2D eigenvalue weighted by Crippen LogP contribution is 2.24. The molecule has 0 fully saturated rings. The lowest BCUT2D eigenvalue weighted by atomic mass is 10.1. The summed E-state index contributed by atoms with van der Waals surface area (Å²) in [6.45, 7) is 8.22. The molecule has 0 heterocycles. The number of rotatable bonds is 7. The highest BCUT2D eigenvalue weighted by Gasteiger charge is 2.17. The van der Waals surface area contributed by atoms with E-state index in [1.165, 1.54) is 5.57 Å². The largest absolute Gasteiger partial charge is 0.341 e. The highest BCUT2D eigenvalue weighted by atomic mass is 16.7. The van der Waals surface area contributed by atoms with Crippen LogP contribution in [-0.4, -0.2) is 6.29 Å². The van der Waals surface area contributed by atoms with Crippen molar-refractivity contribution in [1.82, 2.24) is 0 Å². The zero-order valence-corrected chi connectivity index (χ0v) is 14.4. The minimum absolute atomic E-state index is 0.0280. The summed E-state index contributed by atoms with van der Waals surface area (Å²) in [5.41, 5.74) is 3.47. The van der Waals surface area contributed by atoms with E-state index >= 15 is 0 Å². The van der Waals surface area contributed by atoms with Crippen molar-refractivity contribution in [2.45, 2.75) is 46.2 Å². The van der Waals surface area contributed by atoms with Crippen LogP contribution in [0.25, 0.3) is 0 Å². The maximum absolute atomic E-state index is 6.14. The van der Waals surface area contributed by atoms with Crippen LogP contribution in [0.5, 0.6) is 0 Å². The second kappa shape index (κ2) is 8.66. The molecule has 0 aliphatic heterocycles. The summed E-state index contributed by atoms with van der Waals surface area (Å²) < 4.78 is 12.3. The molecule has 0 radical (unpaired) electrons. The quantitative estimate of drug-likeness (QED) is 0.473. The molecule has 0 unspecified atom stereocenters. The Kier molecular flexibility index (Phi) is 6.57. The Bertz CT molecular complexity index is 553. The van der Waals surface area contributed by atoms with E-state index in [0.29, 0.717) is 0 Å². The molecule has 0 saturated heterocycles. The van der Waals surface area contributed by atoms with E-state index in [9.17, 15) is 0 Å². The van der Waals surface area contributed by atoms with Gasteiger partial charge in [0.2, 0.25) is 0 Å². The van der Waals surface area contributed by atoms with E-state index < -0.39 is 0 Å². The maximum atomic E-state index is 6.14. The fourth-order valence-corrected chi connectivity index (χ4v) is 2.39. The molecule has 0 aliphatic rings. The Morgan fingerprint density at radius 1 is 0.739 bits per heavy atom. The molecule has 0 saturated carbocycles. The average molecular weight is 310 g/mol. The molecule has 122 valence electrons. The Morgan fingerprint density at radius 3 is 1.48 bits per heavy atom. The van der Waals surface area contributed by atoms with Crippen molar-refractivity contribution < 1.29 is 9.47 Å². The topological polar surface area (TPSA) is 18.5 Å². The molecule has 2 atom stereocenters. The predicted octanol–water partition coefficient (Wildman–Crippen LogP) is 5.83. The first kappa shape index (κ1) is 17.5. The Labute approximate surface area is 139 Å². The summed E-state index contributed by atoms with van der Waals surface area (Å²) in [4.78, 5) is 0. The van der Waals surface area contributed by atoms with Gasteiger partial charge in [0.25, 0.3) is 0 Å². The van der Waals surface area contributed by atoms with E-state index in [4.69, 9.17) is 9.47 Å². The zero-order valence-electron chi connectivity index (χ0n) is 14.4. The number of hydrogen-bond acceptors (Lipinski definition) is 2. The van der Waals surface area contributed by atoms with Crippen molar-refractivity contribution in [1.29, 1.82) is 0 Å². The molecule has 23 heavy (non-hydrogen) atoms. The third-order valence-corrected chi connectivity index (χ3v) is 3.68. The molecule has 2 nitrogen and oxygen atoms in total. The third kappa shape index (κ3) is 5.66. The van der Waals surface area contributed by atoms with Crippen LogP contribution in [-0.2, 0) is 9.47 Å². The van der Waals surface area contributed by atoms with Crippen molar-refractivity contribution in [2.24, 2.45) is 0 Å². The van der Waals surface area contributed by atoms with Crippen LogP contribution < -0.4 is 0 Å². The van der Waals surface area contributed by atoms with Gasteiger partial charge in [0.15, 0.2) is 6.29 Å². The summed E-state index contributed by atoms with van der Waals surface area (Å²) in [6, 6.07) is 20.4. The Hall–Kier alpha value is -1.90. The van der Waals surface area contributed by atoms with E-state index in [-0.39, 0.29) is 18.5 Å². The van der Waals surface area contributed by atoms with Crippen LogP contribution in [0.3, 0.4) is 0 Å². The molecule has 2 aromatic rings. The first-order chi connectivity index (χ1) is 11.1. The minimum atomic E-state index is -0.370. The van der Waals surface area contributed by atoms with Crippen LogP contribution in [0.1, 0.15) is 51.0 Å². The van der Waals surface area contributed by atoms with Gasteiger partial charge < -0.3 is 9.47 Å². The second-order valence-electron chi connectivity index (χ2n) is 5.99. The lowest BCUT2D eigenvalue weighted by Crippen LogP contribution is -2.19. The molecule has 0 N–H and O–H groups in total. The van der Waals surface area contributed by atoms with Crippen LogP contribution >= 0.6 is 0 Å². The molecule has 0 bridgehead atoms. The van der Waals surface area contributed by atoms with Crippen LogP contribution in [0.4, 0.5) is 0 Å². The minimum Gasteiger partial charge on any atom is -0.341 e. The molecule has 2 aromatic carbocycles. The Balaban J connectivity index is 2.07. The molecule has 2 heteroatoms. The van der Waals surface area contributed by atoms with Gasteiger partial charge >= 0.3 is 0 Å². The van der Waals surface area contributed by atoms with Gasteiger partial charge in [-0.15, -0.1) is 0 Å². The number of benzene rings is 2. The van der Waals surface area contributed by atoms with Crippen molar-refractivity contribution in [2.75, 3.05) is 0 Å². The Morgan fingerprint density at radius 2 is 1.13 bits per heavy atom. The van der Waals surface area contributed by atoms with Crippen LogP contribution in [0.2, 0.25) is 0 Å². The third-order valence-electron chi connectivity index (χ3n) is 3.68. The first-order valence-electron chi connectivity index (χ1n) is 8.12. The molecule has 0 amide bonds. The fraction of sp³-hybridized carbons (Fsp3) is 0.333. The first-order valence-corrected chi connectivity index (χ1v) is 8.12. The van der Waals surface area contributed by atoms with E-state index in [0.717, 1.165) is 11.1 Å². The van der Waals surface area contributed by atoms with Crippen LogP contribution in [0, 0.1) is 0 Å². The van der Waals surface area contributed by atoms with Gasteiger partial charge in [0, 0.05) is 0 Å². The summed E-state index contributed by atoms with van der Waals surface area (Å²) in [5, 5.41) is 0. The fourth-order valence-electron chi connectivity index (χ4n) is 2.39. The SMILES string of the molecule is CC(C)=CC(O[C@@H](C)c1ccccc1)O[C@@H](C)c1ccccc1. The second-order valence-corrected chi connectivity index (χ2v) is 5.99. The zero-order chi connectivity index (χ0) is 16.7. The lowest BCUT2D eigenvalue weighted by Gasteiger charge is -2.24. The normalized spacial score (nSPS) is 13.6. The molecule has 0 spiro atoms.